The van der Waals surface area contributed by atoms with Crippen molar-refractivity contribution in [2.45, 2.75) is 38.5 Å². The van der Waals surface area contributed by atoms with E-state index >= 15 is 0 Å². The van der Waals surface area contributed by atoms with Crippen LogP contribution in [-0.2, 0) is 31.4 Å². The molecule has 2 aliphatic heterocycles. The van der Waals surface area contributed by atoms with Crippen LogP contribution in [0.25, 0.3) is 10.9 Å². The minimum atomic E-state index is -0.142. The molecular weight excluding hydrogens is 370 g/mol. The number of aromatic nitrogens is 4. The normalized spacial score (nSPS) is 18.9. The number of nitrogens with zero attached hydrogens (tertiary/aromatic N) is 5. The third-order valence-electron chi connectivity index (χ3n) is 5.89. The third-order valence-corrected chi connectivity index (χ3v) is 5.89. The van der Waals surface area contributed by atoms with Crippen molar-refractivity contribution in [3.8, 4) is 0 Å². The van der Waals surface area contributed by atoms with Gasteiger partial charge in [0.15, 0.2) is 5.69 Å². The Bertz CT molecular complexity index is 1150. The summed E-state index contributed by atoms with van der Waals surface area (Å²) in [4.78, 5) is 27.7. The van der Waals surface area contributed by atoms with Crippen molar-refractivity contribution < 1.29 is 9.53 Å². The Hall–Kier alpha value is -3.00. The molecule has 1 aromatic carbocycles. The molecule has 2 aromatic heterocycles. The van der Waals surface area contributed by atoms with Crippen LogP contribution < -0.4 is 5.56 Å². The van der Waals surface area contributed by atoms with Crippen molar-refractivity contribution in [2.24, 2.45) is 7.05 Å². The summed E-state index contributed by atoms with van der Waals surface area (Å²) in [6.07, 6.45) is 2.47. The van der Waals surface area contributed by atoms with Crippen molar-refractivity contribution in [1.82, 2.24) is 24.5 Å². The first kappa shape index (κ1) is 18.1. The first-order valence-electron chi connectivity index (χ1n) is 10.0. The van der Waals surface area contributed by atoms with Gasteiger partial charge in [-0.25, -0.2) is 4.68 Å². The van der Waals surface area contributed by atoms with Crippen molar-refractivity contribution in [3.63, 3.8) is 0 Å². The largest absolute Gasteiger partial charge is 0.376 e. The smallest absolute Gasteiger partial charge is 0.275 e. The molecule has 1 atom stereocenters. The lowest BCUT2D eigenvalue weighted by atomic mass is 10.1. The molecule has 5 rings (SSSR count). The Morgan fingerprint density at radius 3 is 3.03 bits per heavy atom. The number of likely N-dealkylation sites (tertiary alicyclic amines) is 1. The molecule has 1 saturated heterocycles. The van der Waals surface area contributed by atoms with Gasteiger partial charge >= 0.3 is 0 Å². The topological polar surface area (TPSA) is 82.3 Å². The van der Waals surface area contributed by atoms with Gasteiger partial charge in [-0.3, -0.25) is 14.3 Å². The van der Waals surface area contributed by atoms with Gasteiger partial charge in [-0.05, 0) is 18.9 Å². The first-order valence-corrected chi connectivity index (χ1v) is 10.0. The summed E-state index contributed by atoms with van der Waals surface area (Å²) in [7, 11) is 1.85. The molecule has 0 aliphatic carbocycles. The molecule has 0 bridgehead atoms. The Morgan fingerprint density at radius 1 is 1.28 bits per heavy atom. The number of aryl methyl sites for hydroxylation is 1. The van der Waals surface area contributed by atoms with Crippen molar-refractivity contribution in [1.29, 1.82) is 0 Å². The van der Waals surface area contributed by atoms with Crippen LogP contribution in [0.1, 0.15) is 34.6 Å². The molecule has 8 heteroatoms. The van der Waals surface area contributed by atoms with Crippen LogP contribution in [0, 0.1) is 0 Å². The van der Waals surface area contributed by atoms with E-state index in [1.165, 1.54) is 4.68 Å². The number of hydrogen-bond donors (Lipinski definition) is 0. The predicted molar refractivity (Wildman–Crippen MR) is 107 cm³/mol. The van der Waals surface area contributed by atoms with E-state index in [2.05, 4.69) is 10.2 Å². The molecule has 1 unspecified atom stereocenters. The average Bonchev–Trinajstić information content (AvgIpc) is 3.33. The van der Waals surface area contributed by atoms with Gasteiger partial charge in [0.25, 0.3) is 11.5 Å². The van der Waals surface area contributed by atoms with Gasteiger partial charge in [0.1, 0.15) is 0 Å². The van der Waals surface area contributed by atoms with E-state index in [9.17, 15) is 9.59 Å². The summed E-state index contributed by atoms with van der Waals surface area (Å²) >= 11 is 0. The SMILES string of the molecule is Cn1nc(C(=O)N2CCCC2Cn2nc3c(cc2=O)COCC3)c2ccccc21. The van der Waals surface area contributed by atoms with Crippen LogP contribution in [0.2, 0.25) is 0 Å². The predicted octanol–water partition coefficient (Wildman–Crippen LogP) is 1.51. The molecule has 8 nitrogen and oxygen atoms in total. The van der Waals surface area contributed by atoms with E-state index in [-0.39, 0.29) is 17.5 Å². The zero-order valence-electron chi connectivity index (χ0n) is 16.4. The summed E-state index contributed by atoms with van der Waals surface area (Å²) in [6.45, 7) is 2.14. The quantitative estimate of drug-likeness (QED) is 0.674. The lowest BCUT2D eigenvalue weighted by molar-refractivity contribution is 0.0714. The monoisotopic (exact) mass is 393 g/mol. The van der Waals surface area contributed by atoms with Crippen molar-refractivity contribution in [3.05, 3.63) is 57.6 Å². The highest BCUT2D eigenvalue weighted by Gasteiger charge is 2.32. The Labute approximate surface area is 167 Å². The fourth-order valence-corrected chi connectivity index (χ4v) is 4.38. The Morgan fingerprint density at radius 2 is 2.14 bits per heavy atom. The van der Waals surface area contributed by atoms with Gasteiger partial charge < -0.3 is 9.64 Å². The van der Waals surface area contributed by atoms with E-state index in [1.807, 2.05) is 36.2 Å². The third kappa shape index (κ3) is 3.13. The molecule has 0 saturated carbocycles. The maximum atomic E-state index is 13.3. The molecule has 3 aromatic rings. The van der Waals surface area contributed by atoms with Gasteiger partial charge in [-0.15, -0.1) is 0 Å². The number of ether oxygens (including phenoxy) is 1. The molecule has 29 heavy (non-hydrogen) atoms. The summed E-state index contributed by atoms with van der Waals surface area (Å²) in [5.41, 5.74) is 3.05. The number of rotatable bonds is 3. The number of amides is 1. The van der Waals surface area contributed by atoms with E-state index in [4.69, 9.17) is 4.74 Å². The van der Waals surface area contributed by atoms with E-state index in [0.29, 0.717) is 38.4 Å². The fraction of sp³-hybridized carbons (Fsp3) is 0.429. The standard InChI is InChI=1S/C21H23N5O3/c1-24-18-7-3-2-6-16(18)20(23-24)21(28)25-9-4-5-15(25)12-26-19(27)11-14-13-29-10-8-17(14)22-26/h2-3,6-7,11,15H,4-5,8-10,12-13H2,1H3. The van der Waals surface area contributed by atoms with Crippen LogP contribution in [0.15, 0.2) is 35.1 Å². The van der Waals surface area contributed by atoms with E-state index < -0.39 is 0 Å². The molecule has 4 heterocycles. The molecule has 150 valence electrons. The zero-order chi connectivity index (χ0) is 20.0. The summed E-state index contributed by atoms with van der Waals surface area (Å²) in [5.74, 6) is -0.0799. The van der Waals surface area contributed by atoms with Crippen LogP contribution >= 0.6 is 0 Å². The Kier molecular flexibility index (Phi) is 4.43. The molecule has 1 amide bonds. The zero-order valence-corrected chi connectivity index (χ0v) is 16.4. The number of hydrogen-bond acceptors (Lipinski definition) is 5. The van der Waals surface area contributed by atoms with E-state index in [0.717, 1.165) is 35.0 Å². The second kappa shape index (κ2) is 7.11. The number of carbonyl (C=O) groups is 1. The second-order valence-electron chi connectivity index (χ2n) is 7.72. The van der Waals surface area contributed by atoms with Crippen LogP contribution in [-0.4, -0.2) is 49.6 Å². The maximum absolute atomic E-state index is 13.3. The molecular formula is C21H23N5O3. The molecule has 0 spiro atoms. The number of fused-ring (bicyclic) bond motifs is 2. The maximum Gasteiger partial charge on any atom is 0.275 e. The Balaban J connectivity index is 1.43. The van der Waals surface area contributed by atoms with Gasteiger partial charge in [0.05, 0.1) is 37.0 Å². The molecule has 1 fully saturated rings. The fourth-order valence-electron chi connectivity index (χ4n) is 4.38. The minimum absolute atomic E-state index is 0.0636. The van der Waals surface area contributed by atoms with Crippen molar-refractivity contribution >= 4 is 16.8 Å². The molecule has 0 N–H and O–H groups in total. The lowest BCUT2D eigenvalue weighted by Crippen LogP contribution is -2.41. The van der Waals surface area contributed by atoms with Gasteiger partial charge in [-0.1, -0.05) is 18.2 Å². The van der Waals surface area contributed by atoms with Gasteiger partial charge in [0, 0.05) is 37.0 Å². The van der Waals surface area contributed by atoms with Gasteiger partial charge in [-0.2, -0.15) is 10.2 Å². The molecule has 0 radical (unpaired) electrons. The highest BCUT2D eigenvalue weighted by Crippen LogP contribution is 2.25. The van der Waals surface area contributed by atoms with Crippen LogP contribution in [0.5, 0.6) is 0 Å². The summed E-state index contributed by atoms with van der Waals surface area (Å²) in [5, 5.41) is 9.90. The summed E-state index contributed by atoms with van der Waals surface area (Å²) < 4.78 is 8.66. The minimum Gasteiger partial charge on any atom is -0.376 e. The number of carbonyl (C=O) groups excluding carboxylic acids is 1. The summed E-state index contributed by atoms with van der Waals surface area (Å²) in [6, 6.07) is 9.30. The second-order valence-corrected chi connectivity index (χ2v) is 7.72. The van der Waals surface area contributed by atoms with Gasteiger partial charge in [0.2, 0.25) is 0 Å². The number of para-hydroxylation sites is 1. The molecule has 2 aliphatic rings. The van der Waals surface area contributed by atoms with Crippen LogP contribution in [0.4, 0.5) is 0 Å². The van der Waals surface area contributed by atoms with Crippen LogP contribution in [0.3, 0.4) is 0 Å². The first-order chi connectivity index (χ1) is 14.1. The average molecular weight is 393 g/mol. The van der Waals surface area contributed by atoms with Crippen molar-refractivity contribution in [2.75, 3.05) is 13.2 Å². The number of benzene rings is 1. The van der Waals surface area contributed by atoms with E-state index in [1.54, 1.807) is 10.7 Å². The highest BCUT2D eigenvalue weighted by molar-refractivity contribution is 6.05. The lowest BCUT2D eigenvalue weighted by Gasteiger charge is -2.25. The highest BCUT2D eigenvalue weighted by atomic mass is 16.5.